The van der Waals surface area contributed by atoms with Gasteiger partial charge in [-0.1, -0.05) is 11.6 Å². The van der Waals surface area contributed by atoms with Crippen molar-refractivity contribution < 1.29 is 14.0 Å². The van der Waals surface area contributed by atoms with Crippen molar-refractivity contribution >= 4 is 39.3 Å². The zero-order valence-electron chi connectivity index (χ0n) is 9.10. The fourth-order valence-corrected chi connectivity index (χ4v) is 2.31. The van der Waals surface area contributed by atoms with Crippen molar-refractivity contribution in [3.8, 4) is 0 Å². The standard InChI is InChI=1S/C11H9BrClFN2O2/c12-10-7(1-5(13)2-8(10)14)11(18)16-6-3-9(17)15-4-6/h1-2,6H,3-4H2,(H,15,17)(H,16,18). The topological polar surface area (TPSA) is 58.2 Å². The number of rotatable bonds is 2. The normalized spacial score (nSPS) is 18.6. The third-order valence-corrected chi connectivity index (χ3v) is 3.57. The monoisotopic (exact) mass is 334 g/mol. The van der Waals surface area contributed by atoms with E-state index >= 15 is 0 Å². The predicted octanol–water partition coefficient (Wildman–Crippen LogP) is 1.86. The predicted molar refractivity (Wildman–Crippen MR) is 68.0 cm³/mol. The lowest BCUT2D eigenvalue weighted by atomic mass is 10.2. The Hall–Kier alpha value is -1.14. The number of hydrogen-bond acceptors (Lipinski definition) is 2. The molecule has 4 nitrogen and oxygen atoms in total. The molecular formula is C11H9BrClFN2O2. The lowest BCUT2D eigenvalue weighted by molar-refractivity contribution is -0.119. The summed E-state index contributed by atoms with van der Waals surface area (Å²) in [6.07, 6.45) is 0.229. The van der Waals surface area contributed by atoms with Crippen LogP contribution in [-0.2, 0) is 4.79 Å². The zero-order valence-corrected chi connectivity index (χ0v) is 11.4. The van der Waals surface area contributed by atoms with Crippen LogP contribution in [0.1, 0.15) is 16.8 Å². The van der Waals surface area contributed by atoms with Crippen LogP contribution in [0.2, 0.25) is 5.02 Å². The Morgan fingerprint density at radius 2 is 2.28 bits per heavy atom. The van der Waals surface area contributed by atoms with Gasteiger partial charge in [-0.3, -0.25) is 9.59 Å². The van der Waals surface area contributed by atoms with Gasteiger partial charge in [-0.15, -0.1) is 0 Å². The first-order valence-corrected chi connectivity index (χ1v) is 6.36. The average Bonchev–Trinajstić information content (AvgIpc) is 2.69. The second-order valence-corrected chi connectivity index (χ2v) is 5.16. The molecule has 2 amide bonds. The Morgan fingerprint density at radius 1 is 1.56 bits per heavy atom. The summed E-state index contributed by atoms with van der Waals surface area (Å²) in [6.45, 7) is 0.380. The first-order valence-electron chi connectivity index (χ1n) is 5.19. The summed E-state index contributed by atoms with van der Waals surface area (Å²) >= 11 is 8.70. The van der Waals surface area contributed by atoms with Crippen LogP contribution in [-0.4, -0.2) is 24.4 Å². The minimum absolute atomic E-state index is 0.0571. The molecule has 2 N–H and O–H groups in total. The van der Waals surface area contributed by atoms with E-state index in [9.17, 15) is 14.0 Å². The quantitative estimate of drug-likeness (QED) is 0.811. The van der Waals surface area contributed by atoms with Gasteiger partial charge in [0.1, 0.15) is 5.82 Å². The van der Waals surface area contributed by atoms with Crippen LogP contribution in [0.5, 0.6) is 0 Å². The summed E-state index contributed by atoms with van der Waals surface area (Å²) in [5.41, 5.74) is 0.111. The SMILES string of the molecule is O=C1CC(NC(=O)c2cc(Cl)cc(F)c2Br)CN1. The molecule has 1 aliphatic rings. The van der Waals surface area contributed by atoms with Gasteiger partial charge in [0.25, 0.3) is 5.91 Å². The van der Waals surface area contributed by atoms with Gasteiger partial charge in [-0.2, -0.15) is 0 Å². The molecule has 2 rings (SSSR count). The van der Waals surface area contributed by atoms with Crippen LogP contribution < -0.4 is 10.6 Å². The third-order valence-electron chi connectivity index (χ3n) is 2.55. The van der Waals surface area contributed by atoms with Crippen molar-refractivity contribution in [1.82, 2.24) is 10.6 Å². The van der Waals surface area contributed by atoms with Gasteiger partial charge in [0, 0.05) is 18.0 Å². The molecule has 1 aromatic carbocycles. The highest BCUT2D eigenvalue weighted by atomic mass is 79.9. The molecule has 1 atom stereocenters. The van der Waals surface area contributed by atoms with Crippen molar-refractivity contribution in [2.45, 2.75) is 12.5 Å². The number of hydrogen-bond donors (Lipinski definition) is 2. The van der Waals surface area contributed by atoms with E-state index in [0.29, 0.717) is 6.54 Å². The maximum Gasteiger partial charge on any atom is 0.252 e. The van der Waals surface area contributed by atoms with E-state index in [1.54, 1.807) is 0 Å². The summed E-state index contributed by atoms with van der Waals surface area (Å²) in [4.78, 5) is 22.9. The van der Waals surface area contributed by atoms with Crippen molar-refractivity contribution in [3.63, 3.8) is 0 Å². The first kappa shape index (κ1) is 13.3. The molecule has 1 heterocycles. The molecule has 0 spiro atoms. The minimum atomic E-state index is -0.603. The summed E-state index contributed by atoms with van der Waals surface area (Å²) in [6, 6.07) is 2.20. The number of halogens is 3. The molecule has 0 radical (unpaired) electrons. The van der Waals surface area contributed by atoms with E-state index in [1.165, 1.54) is 6.07 Å². The number of nitrogens with one attached hydrogen (secondary N) is 2. The molecule has 0 bridgehead atoms. The maximum absolute atomic E-state index is 13.4. The lowest BCUT2D eigenvalue weighted by Crippen LogP contribution is -2.36. The van der Waals surface area contributed by atoms with Gasteiger partial charge in [0.15, 0.2) is 0 Å². The molecule has 1 saturated heterocycles. The molecule has 96 valence electrons. The Kier molecular flexibility index (Phi) is 3.87. The minimum Gasteiger partial charge on any atom is -0.354 e. The van der Waals surface area contributed by atoms with Crippen LogP contribution in [0, 0.1) is 5.82 Å². The van der Waals surface area contributed by atoms with Gasteiger partial charge < -0.3 is 10.6 Å². The largest absolute Gasteiger partial charge is 0.354 e. The average molecular weight is 336 g/mol. The van der Waals surface area contributed by atoms with Crippen molar-refractivity contribution in [2.75, 3.05) is 6.54 Å². The Labute approximate surface area is 116 Å². The van der Waals surface area contributed by atoms with Gasteiger partial charge in [-0.25, -0.2) is 4.39 Å². The van der Waals surface area contributed by atoms with E-state index in [0.717, 1.165) is 6.07 Å². The highest BCUT2D eigenvalue weighted by molar-refractivity contribution is 9.10. The van der Waals surface area contributed by atoms with E-state index < -0.39 is 11.7 Å². The fraction of sp³-hybridized carbons (Fsp3) is 0.273. The van der Waals surface area contributed by atoms with Gasteiger partial charge >= 0.3 is 0 Å². The Balaban J connectivity index is 2.16. The fourth-order valence-electron chi connectivity index (χ4n) is 1.69. The molecule has 0 aliphatic carbocycles. The van der Waals surface area contributed by atoms with Gasteiger partial charge in [0.05, 0.1) is 16.1 Å². The van der Waals surface area contributed by atoms with Crippen LogP contribution in [0.4, 0.5) is 4.39 Å². The Bertz CT molecular complexity index is 524. The molecule has 1 fully saturated rings. The van der Waals surface area contributed by atoms with Crippen LogP contribution in [0.25, 0.3) is 0 Å². The number of benzene rings is 1. The highest BCUT2D eigenvalue weighted by Gasteiger charge is 2.24. The molecule has 1 aromatic rings. The second-order valence-electron chi connectivity index (χ2n) is 3.93. The summed E-state index contributed by atoms with van der Waals surface area (Å²) in [7, 11) is 0. The summed E-state index contributed by atoms with van der Waals surface area (Å²) < 4.78 is 13.5. The molecule has 1 aliphatic heterocycles. The van der Waals surface area contributed by atoms with Crippen LogP contribution in [0.15, 0.2) is 16.6 Å². The second kappa shape index (κ2) is 5.24. The molecule has 0 aromatic heterocycles. The van der Waals surface area contributed by atoms with E-state index in [-0.39, 0.29) is 33.4 Å². The van der Waals surface area contributed by atoms with Gasteiger partial charge in [-0.05, 0) is 28.1 Å². The van der Waals surface area contributed by atoms with E-state index in [2.05, 4.69) is 26.6 Å². The van der Waals surface area contributed by atoms with Crippen LogP contribution in [0.3, 0.4) is 0 Å². The lowest BCUT2D eigenvalue weighted by Gasteiger charge is -2.12. The molecule has 18 heavy (non-hydrogen) atoms. The molecule has 0 saturated carbocycles. The van der Waals surface area contributed by atoms with E-state index in [1.807, 2.05) is 0 Å². The molecule has 7 heteroatoms. The number of amides is 2. The third kappa shape index (κ3) is 2.81. The zero-order chi connectivity index (χ0) is 13.3. The number of carbonyl (C=O) groups is 2. The molecular weight excluding hydrogens is 326 g/mol. The number of carbonyl (C=O) groups excluding carboxylic acids is 2. The van der Waals surface area contributed by atoms with Gasteiger partial charge in [0.2, 0.25) is 5.91 Å². The highest BCUT2D eigenvalue weighted by Crippen LogP contribution is 2.25. The molecule has 1 unspecified atom stereocenters. The smallest absolute Gasteiger partial charge is 0.252 e. The van der Waals surface area contributed by atoms with Crippen molar-refractivity contribution in [3.05, 3.63) is 33.0 Å². The van der Waals surface area contributed by atoms with E-state index in [4.69, 9.17) is 11.6 Å². The Morgan fingerprint density at radius 3 is 2.89 bits per heavy atom. The first-order chi connectivity index (χ1) is 8.47. The maximum atomic E-state index is 13.4. The summed E-state index contributed by atoms with van der Waals surface area (Å²) in [5, 5.41) is 5.38. The van der Waals surface area contributed by atoms with Crippen molar-refractivity contribution in [1.29, 1.82) is 0 Å². The summed E-state index contributed by atoms with van der Waals surface area (Å²) in [5.74, 6) is -1.19. The van der Waals surface area contributed by atoms with Crippen molar-refractivity contribution in [2.24, 2.45) is 0 Å². The van der Waals surface area contributed by atoms with Crippen LogP contribution >= 0.6 is 27.5 Å².